The van der Waals surface area contributed by atoms with Crippen molar-refractivity contribution in [2.75, 3.05) is 22.6 Å². The van der Waals surface area contributed by atoms with Crippen LogP contribution >= 0.6 is 0 Å². The predicted molar refractivity (Wildman–Crippen MR) is 129 cm³/mol. The average Bonchev–Trinajstić information content (AvgIpc) is 3.75. The third kappa shape index (κ3) is 3.18. The second-order valence-corrected chi connectivity index (χ2v) is 9.26. The minimum atomic E-state index is -2.42. The largest absolute Gasteiger partial charge is 0.358 e. The summed E-state index contributed by atoms with van der Waals surface area (Å²) in [5.74, 6) is 1.24. The molecule has 0 radical (unpaired) electrons. The van der Waals surface area contributed by atoms with Crippen LogP contribution in [0.1, 0.15) is 65.1 Å². The molecule has 3 aromatic rings. The molecule has 0 atom stereocenters. The van der Waals surface area contributed by atoms with E-state index in [0.29, 0.717) is 17.3 Å². The number of nitrogens with zero attached hydrogens (tertiary/aromatic N) is 5. The van der Waals surface area contributed by atoms with Gasteiger partial charge in [0.05, 0.1) is 28.3 Å². The number of ketones is 1. The van der Waals surface area contributed by atoms with Crippen LogP contribution in [0.25, 0.3) is 5.69 Å². The molecule has 9 nitrogen and oxygen atoms in total. The number of aryl methyl sites for hydroxylation is 1. The molecule has 174 valence electrons. The lowest BCUT2D eigenvalue weighted by molar-refractivity contribution is -0.117. The van der Waals surface area contributed by atoms with Gasteiger partial charge in [-0.05, 0) is 44.7 Å². The van der Waals surface area contributed by atoms with Gasteiger partial charge in [0.2, 0.25) is 5.91 Å². The number of aromatic nitrogens is 4. The number of carbonyl (C=O) groups excluding carboxylic acids is 2. The van der Waals surface area contributed by atoms with E-state index in [1.165, 1.54) is 6.20 Å². The first-order valence-corrected chi connectivity index (χ1v) is 11.5. The summed E-state index contributed by atoms with van der Waals surface area (Å²) in [6, 6.07) is 7.36. The second-order valence-electron chi connectivity index (χ2n) is 9.26. The average molecular weight is 461 g/mol. The molecule has 2 saturated carbocycles. The molecule has 2 fully saturated rings. The van der Waals surface area contributed by atoms with Crippen molar-refractivity contribution in [1.82, 2.24) is 19.7 Å². The maximum atomic E-state index is 13.0. The number of hydrogen-bond donors (Lipinski definition) is 2. The molecule has 0 bridgehead atoms. The number of fused-ring (bicyclic) bond motifs is 4. The smallest absolute Gasteiger partial charge is 0.228 e. The maximum absolute atomic E-state index is 13.0. The molecule has 1 aromatic carbocycles. The molecule has 1 spiro atoms. The highest BCUT2D eigenvalue weighted by Crippen LogP contribution is 2.57. The normalized spacial score (nSPS) is 18.9. The zero-order valence-corrected chi connectivity index (χ0v) is 19.1. The number of pyridine rings is 1. The first-order valence-electron chi connectivity index (χ1n) is 13.0. The van der Waals surface area contributed by atoms with Gasteiger partial charge in [-0.25, -0.2) is 14.6 Å². The van der Waals surface area contributed by atoms with Crippen LogP contribution in [0, 0.1) is 12.8 Å². The third-order valence-corrected chi connectivity index (χ3v) is 6.91. The lowest BCUT2D eigenvalue weighted by Gasteiger charge is -2.37. The Morgan fingerprint density at radius 2 is 2.09 bits per heavy atom. The van der Waals surface area contributed by atoms with Gasteiger partial charge in [-0.1, -0.05) is 12.9 Å². The molecular formula is C25H27N7O2. The van der Waals surface area contributed by atoms with Gasteiger partial charge in [0.15, 0.2) is 11.6 Å². The van der Waals surface area contributed by atoms with Crippen molar-refractivity contribution >= 4 is 34.6 Å². The number of para-hydroxylation sites is 1. The summed E-state index contributed by atoms with van der Waals surface area (Å²) in [5.41, 5.74) is 2.75. The van der Waals surface area contributed by atoms with E-state index >= 15 is 0 Å². The van der Waals surface area contributed by atoms with Crippen molar-refractivity contribution in [3.05, 3.63) is 47.7 Å². The van der Waals surface area contributed by atoms with Crippen LogP contribution in [0.15, 0.2) is 30.5 Å². The topological polar surface area (TPSA) is 105 Å². The number of amides is 1. The number of carbonyl (C=O) groups is 2. The van der Waals surface area contributed by atoms with Crippen molar-refractivity contribution < 1.29 is 13.7 Å². The molecular weight excluding hydrogens is 430 g/mol. The molecule has 2 aromatic heterocycles. The Bertz CT molecular complexity index is 1440. The molecule has 0 unspecified atom stereocenters. The Morgan fingerprint density at radius 3 is 2.82 bits per heavy atom. The first kappa shape index (κ1) is 17.7. The van der Waals surface area contributed by atoms with Crippen molar-refractivity contribution in [3.8, 4) is 5.69 Å². The fourth-order valence-electron chi connectivity index (χ4n) is 4.74. The van der Waals surface area contributed by atoms with Gasteiger partial charge in [-0.3, -0.25) is 9.59 Å². The predicted octanol–water partition coefficient (Wildman–Crippen LogP) is 4.09. The summed E-state index contributed by atoms with van der Waals surface area (Å²) in [5, 5.41) is 10.8. The number of benzene rings is 1. The Morgan fingerprint density at radius 1 is 1.26 bits per heavy atom. The maximum Gasteiger partial charge on any atom is 0.228 e. The van der Waals surface area contributed by atoms with E-state index in [0.717, 1.165) is 48.6 Å². The van der Waals surface area contributed by atoms with Gasteiger partial charge in [-0.2, -0.15) is 5.10 Å². The number of anilines is 4. The lowest BCUT2D eigenvalue weighted by Crippen LogP contribution is -2.39. The Labute approximate surface area is 201 Å². The summed E-state index contributed by atoms with van der Waals surface area (Å²) in [4.78, 5) is 36.5. The first-order chi connectivity index (χ1) is 17.6. The summed E-state index contributed by atoms with van der Waals surface area (Å²) in [7, 11) is 2.03. The molecule has 3 heterocycles. The highest BCUT2D eigenvalue weighted by Gasteiger charge is 2.55. The van der Waals surface area contributed by atoms with Crippen molar-refractivity contribution in [3.63, 3.8) is 0 Å². The summed E-state index contributed by atoms with van der Waals surface area (Å²) in [6.07, 6.45) is 4.31. The molecule has 3 aliphatic rings. The number of hydrogen-bond acceptors (Lipinski definition) is 7. The van der Waals surface area contributed by atoms with Gasteiger partial charge in [0.25, 0.3) is 0 Å². The molecule has 1 aliphatic heterocycles. The van der Waals surface area contributed by atoms with Gasteiger partial charge in [0.1, 0.15) is 17.2 Å². The van der Waals surface area contributed by atoms with Crippen LogP contribution in [-0.4, -0.2) is 38.5 Å². The van der Waals surface area contributed by atoms with Crippen LogP contribution in [0.3, 0.4) is 0 Å². The third-order valence-electron chi connectivity index (χ3n) is 6.91. The van der Waals surface area contributed by atoms with E-state index < -0.39 is 19.1 Å². The van der Waals surface area contributed by atoms with E-state index in [4.69, 9.17) is 9.10 Å². The highest BCUT2D eigenvalue weighted by atomic mass is 16.2. The van der Waals surface area contributed by atoms with Crippen molar-refractivity contribution in [2.45, 2.75) is 51.4 Å². The van der Waals surface area contributed by atoms with Crippen LogP contribution < -0.4 is 15.5 Å². The van der Waals surface area contributed by atoms with Crippen LogP contribution in [0.2, 0.25) is 0 Å². The van der Waals surface area contributed by atoms with Crippen LogP contribution in [-0.2, 0) is 10.3 Å². The van der Waals surface area contributed by atoms with Gasteiger partial charge in [0, 0.05) is 35.8 Å². The van der Waals surface area contributed by atoms with E-state index in [1.807, 2.05) is 36.9 Å². The van der Waals surface area contributed by atoms with E-state index in [1.54, 1.807) is 6.07 Å². The fraction of sp³-hybridized carbons (Fsp3) is 0.400. The monoisotopic (exact) mass is 460 g/mol. The SMILES string of the molecule is [2H]C([2H])([2H])CC(=O)c1cnc(NC(=O)C2CC2)cc1Nc1cccc2c1N(C)C1(CC1)c1nc(C)nn1-2. The minimum Gasteiger partial charge on any atom is -0.358 e. The van der Waals surface area contributed by atoms with Crippen LogP contribution in [0.5, 0.6) is 0 Å². The van der Waals surface area contributed by atoms with E-state index in [-0.39, 0.29) is 22.9 Å². The van der Waals surface area contributed by atoms with Crippen molar-refractivity contribution in [1.29, 1.82) is 0 Å². The fourth-order valence-corrected chi connectivity index (χ4v) is 4.74. The minimum absolute atomic E-state index is 0.0140. The standard InChI is InChI=1S/C25H27N7O2/c1-4-20(33)16-13-26-21(29-23(34)15-8-9-15)12-18(16)28-17-6-5-7-19-22(17)31(3)25(10-11-25)24-27-14(2)30-32(19)24/h5-7,12-13,15H,4,8-11H2,1-3H3,(H2,26,28,29,34)/i1D3. The summed E-state index contributed by atoms with van der Waals surface area (Å²) < 4.78 is 24.6. The number of Topliss-reactive ketones (excluding diaryl/α,β-unsaturated/α-hetero) is 1. The van der Waals surface area contributed by atoms with Crippen molar-refractivity contribution in [2.24, 2.45) is 5.92 Å². The Hall–Kier alpha value is -3.75. The molecule has 1 amide bonds. The lowest BCUT2D eigenvalue weighted by atomic mass is 10.1. The molecule has 34 heavy (non-hydrogen) atoms. The molecule has 2 N–H and O–H groups in total. The zero-order chi connectivity index (χ0) is 26.1. The van der Waals surface area contributed by atoms with Gasteiger partial charge >= 0.3 is 0 Å². The molecule has 0 saturated heterocycles. The Balaban J connectivity index is 1.42. The van der Waals surface area contributed by atoms with E-state index in [2.05, 4.69) is 25.6 Å². The molecule has 2 aliphatic carbocycles. The van der Waals surface area contributed by atoms with E-state index in [9.17, 15) is 9.59 Å². The molecule has 9 heteroatoms. The zero-order valence-electron chi connectivity index (χ0n) is 22.1. The summed E-state index contributed by atoms with van der Waals surface area (Å²) >= 11 is 0. The summed E-state index contributed by atoms with van der Waals surface area (Å²) in [6.45, 7) is -0.542. The quantitative estimate of drug-likeness (QED) is 0.534. The number of nitrogens with one attached hydrogen (secondary N) is 2. The van der Waals surface area contributed by atoms with Crippen LogP contribution in [0.4, 0.5) is 22.9 Å². The Kier molecular flexibility index (Phi) is 3.84. The number of rotatable bonds is 6. The van der Waals surface area contributed by atoms with Gasteiger partial charge < -0.3 is 15.5 Å². The van der Waals surface area contributed by atoms with Gasteiger partial charge in [-0.15, -0.1) is 0 Å². The molecule has 6 rings (SSSR count). The second kappa shape index (κ2) is 7.38. The highest BCUT2D eigenvalue weighted by molar-refractivity contribution is 6.03.